The molecule has 2 aliphatic heterocycles. The number of tetrazole rings is 1. The normalized spacial score (nSPS) is 20.0. The maximum Gasteiger partial charge on any atom is 0.200 e. The molecule has 4 heterocycles. The van der Waals surface area contributed by atoms with Gasteiger partial charge in [0.05, 0.1) is 6.61 Å². The van der Waals surface area contributed by atoms with Crippen LogP contribution in [-0.4, -0.2) is 58.2 Å². The highest BCUT2D eigenvalue weighted by atomic mass is 16.6. The van der Waals surface area contributed by atoms with Crippen LogP contribution in [0.2, 0.25) is 0 Å². The SMILES string of the molecule is c1cc2c(cc1C1CN(c3ccc4nnnn4n3)CCO1)OCCO2. The third kappa shape index (κ3) is 2.62. The van der Waals surface area contributed by atoms with Gasteiger partial charge in [0.2, 0.25) is 0 Å². The van der Waals surface area contributed by atoms with Crippen LogP contribution >= 0.6 is 0 Å². The Hall–Kier alpha value is -2.94. The van der Waals surface area contributed by atoms with E-state index >= 15 is 0 Å². The van der Waals surface area contributed by atoms with E-state index in [2.05, 4.69) is 25.5 Å². The summed E-state index contributed by atoms with van der Waals surface area (Å²) in [4.78, 5) is 2.17. The van der Waals surface area contributed by atoms with Crippen LogP contribution < -0.4 is 14.4 Å². The van der Waals surface area contributed by atoms with Crippen molar-refractivity contribution < 1.29 is 14.2 Å². The van der Waals surface area contributed by atoms with Crippen molar-refractivity contribution in [2.24, 2.45) is 0 Å². The van der Waals surface area contributed by atoms with E-state index in [1.54, 1.807) is 0 Å². The first kappa shape index (κ1) is 14.4. The third-order valence-corrected chi connectivity index (χ3v) is 4.38. The van der Waals surface area contributed by atoms with Gasteiger partial charge in [-0.25, -0.2) is 0 Å². The van der Waals surface area contributed by atoms with Gasteiger partial charge in [-0.3, -0.25) is 0 Å². The highest BCUT2D eigenvalue weighted by Gasteiger charge is 2.25. The van der Waals surface area contributed by atoms with E-state index in [1.807, 2.05) is 30.3 Å². The molecule has 1 atom stereocenters. The van der Waals surface area contributed by atoms with Crippen molar-refractivity contribution in [3.05, 3.63) is 35.9 Å². The predicted molar refractivity (Wildman–Crippen MR) is 86.9 cm³/mol. The van der Waals surface area contributed by atoms with Crippen LogP contribution in [0.3, 0.4) is 0 Å². The summed E-state index contributed by atoms with van der Waals surface area (Å²) in [5.41, 5.74) is 1.69. The Balaban J connectivity index is 1.40. The van der Waals surface area contributed by atoms with Gasteiger partial charge in [0.15, 0.2) is 23.0 Å². The molecular formula is C16H16N6O3. The molecule has 0 N–H and O–H groups in total. The molecule has 0 radical (unpaired) electrons. The standard InChI is InChI=1S/C16H16N6O3/c1-2-12-13(25-8-7-24-12)9-11(1)14-10-21(5-6-23-14)16-4-3-15-17-19-20-22(15)18-16/h1-4,9,14H,5-8,10H2. The van der Waals surface area contributed by atoms with Crippen molar-refractivity contribution in [2.45, 2.75) is 6.10 Å². The largest absolute Gasteiger partial charge is 0.486 e. The van der Waals surface area contributed by atoms with Gasteiger partial charge < -0.3 is 19.1 Å². The molecule has 5 rings (SSSR count). The molecule has 0 aliphatic carbocycles. The first-order valence-corrected chi connectivity index (χ1v) is 8.18. The highest BCUT2D eigenvalue weighted by Crippen LogP contribution is 2.34. The lowest BCUT2D eigenvalue weighted by Gasteiger charge is -2.34. The number of rotatable bonds is 2. The lowest BCUT2D eigenvalue weighted by molar-refractivity contribution is 0.0390. The van der Waals surface area contributed by atoms with Crippen LogP contribution in [-0.2, 0) is 4.74 Å². The molecule has 2 aromatic heterocycles. The summed E-state index contributed by atoms with van der Waals surface area (Å²) in [6.45, 7) is 3.24. The number of hydrogen-bond donors (Lipinski definition) is 0. The number of aromatic nitrogens is 5. The monoisotopic (exact) mass is 340 g/mol. The molecule has 25 heavy (non-hydrogen) atoms. The molecule has 9 heteroatoms. The van der Waals surface area contributed by atoms with Crippen molar-refractivity contribution >= 4 is 11.5 Å². The Morgan fingerprint density at radius 3 is 2.88 bits per heavy atom. The average molecular weight is 340 g/mol. The minimum Gasteiger partial charge on any atom is -0.486 e. The number of morpholine rings is 1. The van der Waals surface area contributed by atoms with Crippen molar-refractivity contribution in [2.75, 3.05) is 37.8 Å². The first-order chi connectivity index (χ1) is 12.4. The molecule has 3 aromatic rings. The third-order valence-electron chi connectivity index (χ3n) is 4.38. The summed E-state index contributed by atoms with van der Waals surface area (Å²) in [7, 11) is 0. The second-order valence-corrected chi connectivity index (χ2v) is 5.93. The second-order valence-electron chi connectivity index (χ2n) is 5.93. The van der Waals surface area contributed by atoms with Crippen LogP contribution in [0.5, 0.6) is 11.5 Å². The number of benzene rings is 1. The average Bonchev–Trinajstić information content (AvgIpc) is 3.15. The van der Waals surface area contributed by atoms with Gasteiger partial charge in [-0.05, 0) is 40.3 Å². The van der Waals surface area contributed by atoms with E-state index in [0.29, 0.717) is 32.0 Å². The van der Waals surface area contributed by atoms with E-state index in [1.165, 1.54) is 4.63 Å². The number of fused-ring (bicyclic) bond motifs is 2. The number of nitrogens with zero attached hydrogens (tertiary/aromatic N) is 6. The van der Waals surface area contributed by atoms with Crippen molar-refractivity contribution in [3.63, 3.8) is 0 Å². The smallest absolute Gasteiger partial charge is 0.200 e. The summed E-state index contributed by atoms with van der Waals surface area (Å²) >= 11 is 0. The van der Waals surface area contributed by atoms with Crippen LogP contribution in [0.25, 0.3) is 5.65 Å². The summed E-state index contributed by atoms with van der Waals surface area (Å²) in [6, 6.07) is 9.76. The lowest BCUT2D eigenvalue weighted by atomic mass is 10.1. The zero-order valence-corrected chi connectivity index (χ0v) is 13.4. The molecule has 0 spiro atoms. The Kier molecular flexibility index (Phi) is 3.37. The fraction of sp³-hybridized carbons (Fsp3) is 0.375. The van der Waals surface area contributed by atoms with E-state index in [0.717, 1.165) is 29.4 Å². The second kappa shape index (κ2) is 5.85. The van der Waals surface area contributed by atoms with E-state index in [-0.39, 0.29) is 6.10 Å². The molecule has 0 saturated carbocycles. The van der Waals surface area contributed by atoms with Crippen molar-refractivity contribution in [1.82, 2.24) is 25.3 Å². The van der Waals surface area contributed by atoms with Crippen molar-refractivity contribution in [1.29, 1.82) is 0 Å². The fourth-order valence-electron chi connectivity index (χ4n) is 3.13. The maximum absolute atomic E-state index is 5.97. The molecule has 0 amide bonds. The molecule has 128 valence electrons. The van der Waals surface area contributed by atoms with Gasteiger partial charge in [0.1, 0.15) is 19.3 Å². The minimum atomic E-state index is -0.0593. The Bertz CT molecular complexity index is 914. The lowest BCUT2D eigenvalue weighted by Crippen LogP contribution is -2.39. The molecule has 1 unspecified atom stereocenters. The summed E-state index contributed by atoms with van der Waals surface area (Å²) in [6.07, 6.45) is -0.0593. The van der Waals surface area contributed by atoms with Gasteiger partial charge in [-0.1, -0.05) is 6.07 Å². The predicted octanol–water partition coefficient (Wildman–Crippen LogP) is 0.868. The quantitative estimate of drug-likeness (QED) is 0.679. The van der Waals surface area contributed by atoms with Crippen LogP contribution in [0.4, 0.5) is 5.82 Å². The first-order valence-electron chi connectivity index (χ1n) is 8.18. The molecular weight excluding hydrogens is 324 g/mol. The number of hydrogen-bond acceptors (Lipinski definition) is 8. The van der Waals surface area contributed by atoms with Crippen molar-refractivity contribution in [3.8, 4) is 11.5 Å². The topological polar surface area (TPSA) is 86.9 Å². The minimum absolute atomic E-state index is 0.0593. The summed E-state index contributed by atoms with van der Waals surface area (Å²) < 4.78 is 18.7. The molecule has 1 fully saturated rings. The van der Waals surface area contributed by atoms with Gasteiger partial charge in [0.25, 0.3) is 0 Å². The number of ether oxygens (including phenoxy) is 3. The zero-order valence-electron chi connectivity index (χ0n) is 13.4. The Morgan fingerprint density at radius 2 is 1.92 bits per heavy atom. The van der Waals surface area contributed by atoms with Crippen LogP contribution in [0.1, 0.15) is 11.7 Å². The Labute approximate surface area is 143 Å². The van der Waals surface area contributed by atoms with Gasteiger partial charge in [-0.15, -0.1) is 14.8 Å². The highest BCUT2D eigenvalue weighted by molar-refractivity contribution is 5.47. The van der Waals surface area contributed by atoms with Crippen LogP contribution in [0, 0.1) is 0 Å². The summed E-state index contributed by atoms with van der Waals surface area (Å²) in [5, 5.41) is 15.8. The molecule has 0 bridgehead atoms. The number of anilines is 1. The fourth-order valence-corrected chi connectivity index (χ4v) is 3.13. The molecule has 1 aromatic carbocycles. The molecule has 9 nitrogen and oxygen atoms in total. The summed E-state index contributed by atoms with van der Waals surface area (Å²) in [5.74, 6) is 2.39. The molecule has 1 saturated heterocycles. The zero-order chi connectivity index (χ0) is 16.6. The van der Waals surface area contributed by atoms with E-state index in [9.17, 15) is 0 Å². The van der Waals surface area contributed by atoms with E-state index < -0.39 is 0 Å². The maximum atomic E-state index is 5.97. The van der Waals surface area contributed by atoms with Crippen LogP contribution in [0.15, 0.2) is 30.3 Å². The van der Waals surface area contributed by atoms with E-state index in [4.69, 9.17) is 14.2 Å². The van der Waals surface area contributed by atoms with Gasteiger partial charge in [-0.2, -0.15) is 0 Å². The van der Waals surface area contributed by atoms with Gasteiger partial charge >= 0.3 is 0 Å². The molecule has 2 aliphatic rings. The van der Waals surface area contributed by atoms with Gasteiger partial charge in [0, 0.05) is 13.1 Å². The Morgan fingerprint density at radius 1 is 1.00 bits per heavy atom.